The van der Waals surface area contributed by atoms with Gasteiger partial charge < -0.3 is 5.21 Å². The van der Waals surface area contributed by atoms with Crippen LogP contribution >= 0.6 is 40.0 Å². The molecule has 0 aromatic rings. The standard InChI is InChI=1S/Au.4ClH.H3NO/c;;;;;1-2/h;4*1H;2H,1H2/q+3;;;;;/p-3. The summed E-state index contributed by atoms with van der Waals surface area (Å²) in [5, 5.41) is 6.50. The van der Waals surface area contributed by atoms with Crippen LogP contribution in [0.5, 0.6) is 0 Å². The fraction of sp³-hybridized carbons (Fsp3) is 0. The van der Waals surface area contributed by atoms with Crippen molar-refractivity contribution in [3.05, 3.63) is 0 Å². The van der Waals surface area contributed by atoms with Crippen LogP contribution in [0.3, 0.4) is 0 Å². The summed E-state index contributed by atoms with van der Waals surface area (Å²) in [6, 6.07) is 0. The minimum absolute atomic E-state index is 0. The van der Waals surface area contributed by atoms with Gasteiger partial charge in [-0.2, -0.15) is 0 Å². The van der Waals surface area contributed by atoms with Gasteiger partial charge in [0.25, 0.3) is 0 Å². The first-order valence-corrected chi connectivity index (χ1v) is 8.65. The van der Waals surface area contributed by atoms with Gasteiger partial charge in [-0.15, -0.1) is 12.4 Å². The van der Waals surface area contributed by atoms with Crippen LogP contribution in [-0.2, 0) is 15.2 Å². The molecule has 0 amide bonds. The monoisotopic (exact) mass is 371 g/mol. The molecule has 0 spiro atoms. The second-order valence-electron chi connectivity index (χ2n) is 0.129. The summed E-state index contributed by atoms with van der Waals surface area (Å²) in [6.07, 6.45) is 0. The van der Waals surface area contributed by atoms with E-state index < -0.39 is 15.2 Å². The van der Waals surface area contributed by atoms with E-state index in [1.807, 2.05) is 0 Å². The van der Waals surface area contributed by atoms with E-state index in [4.69, 9.17) is 32.8 Å². The van der Waals surface area contributed by atoms with Gasteiger partial charge in [0.15, 0.2) is 0 Å². The van der Waals surface area contributed by atoms with Gasteiger partial charge in [0.05, 0.1) is 0 Å². The van der Waals surface area contributed by atoms with E-state index in [1.165, 1.54) is 0 Å². The molecule has 0 unspecified atom stereocenters. The molecule has 2 nitrogen and oxygen atoms in total. The van der Waals surface area contributed by atoms with Crippen molar-refractivity contribution in [2.75, 3.05) is 0 Å². The Hall–Kier alpha value is 1.82. The number of rotatable bonds is 0. The molecule has 7 heteroatoms. The molecular weight excluding hydrogens is 369 g/mol. The second kappa shape index (κ2) is 15.7. The summed E-state index contributed by atoms with van der Waals surface area (Å²) < 4.78 is 0. The Morgan fingerprint density at radius 1 is 1.14 bits per heavy atom. The van der Waals surface area contributed by atoms with Gasteiger partial charge in [-0.3, -0.25) is 0 Å². The zero-order chi connectivity index (χ0) is 5.58. The van der Waals surface area contributed by atoms with Crippen LogP contribution in [0.2, 0.25) is 0 Å². The van der Waals surface area contributed by atoms with Gasteiger partial charge >= 0.3 is 42.8 Å². The van der Waals surface area contributed by atoms with Crippen LogP contribution in [0.25, 0.3) is 0 Å². The van der Waals surface area contributed by atoms with Crippen molar-refractivity contribution >= 4 is 40.0 Å². The van der Waals surface area contributed by atoms with Crippen LogP contribution < -0.4 is 5.90 Å². The Labute approximate surface area is 65.9 Å². The third-order valence-electron chi connectivity index (χ3n) is 0. The Balaban J connectivity index is -0.0000000480. The first kappa shape index (κ1) is 15.9. The molecule has 0 fully saturated rings. The van der Waals surface area contributed by atoms with E-state index in [1.54, 1.807) is 0 Å². The van der Waals surface area contributed by atoms with Crippen molar-refractivity contribution in [1.82, 2.24) is 0 Å². The van der Waals surface area contributed by atoms with Crippen molar-refractivity contribution in [3.8, 4) is 0 Å². The average Bonchev–Trinajstić information content (AvgIpc) is 1.41. The third-order valence-corrected chi connectivity index (χ3v) is 0. The molecule has 7 heavy (non-hydrogen) atoms. The number of halogens is 4. The van der Waals surface area contributed by atoms with Gasteiger partial charge in [-0.25, -0.2) is 5.90 Å². The summed E-state index contributed by atoms with van der Waals surface area (Å²) >= 11 is -1.79. The van der Waals surface area contributed by atoms with E-state index in [9.17, 15) is 0 Å². The molecule has 0 saturated carbocycles. The van der Waals surface area contributed by atoms with Crippen molar-refractivity contribution in [1.29, 1.82) is 0 Å². The Morgan fingerprint density at radius 3 is 1.14 bits per heavy atom. The van der Waals surface area contributed by atoms with Gasteiger partial charge in [-0.1, -0.05) is 0 Å². The Kier molecular flexibility index (Phi) is 35.6. The van der Waals surface area contributed by atoms with Gasteiger partial charge in [0, 0.05) is 0 Å². The van der Waals surface area contributed by atoms with Crippen LogP contribution in [0.1, 0.15) is 0 Å². The third kappa shape index (κ3) is 80.0. The zero-order valence-electron chi connectivity index (χ0n) is 2.87. The van der Waals surface area contributed by atoms with Crippen LogP contribution in [0, 0.1) is 0 Å². The predicted molar refractivity (Wildman–Crippen MR) is 30.8 cm³/mol. The van der Waals surface area contributed by atoms with Crippen molar-refractivity contribution < 1.29 is 20.4 Å². The summed E-state index contributed by atoms with van der Waals surface area (Å²) in [7, 11) is 14.9. The molecule has 0 saturated heterocycles. The molecule has 0 aromatic heterocycles. The molecule has 0 bridgehead atoms. The summed E-state index contributed by atoms with van der Waals surface area (Å²) in [6.45, 7) is 0. The Morgan fingerprint density at radius 2 is 1.14 bits per heavy atom. The molecule has 54 valence electrons. The fourth-order valence-electron chi connectivity index (χ4n) is 0. The van der Waals surface area contributed by atoms with E-state index in [-0.39, 0.29) is 12.4 Å². The maximum absolute atomic E-state index is 6.50. The van der Waals surface area contributed by atoms with Crippen molar-refractivity contribution in [3.63, 3.8) is 0 Å². The summed E-state index contributed by atoms with van der Waals surface area (Å²) in [4.78, 5) is 0. The van der Waals surface area contributed by atoms with E-state index in [2.05, 4.69) is 5.90 Å². The molecule has 0 aliphatic carbocycles. The molecule has 0 heterocycles. The average molecular weight is 373 g/mol. The van der Waals surface area contributed by atoms with Crippen molar-refractivity contribution in [2.45, 2.75) is 0 Å². The number of hydrogen-bond donors (Lipinski definition) is 2. The number of hydrogen-bond acceptors (Lipinski definition) is 2. The van der Waals surface area contributed by atoms with E-state index in [0.29, 0.717) is 0 Å². The molecule has 0 atom stereocenters. The molecule has 0 aliphatic heterocycles. The van der Waals surface area contributed by atoms with Crippen molar-refractivity contribution in [2.24, 2.45) is 5.90 Å². The fourth-order valence-corrected chi connectivity index (χ4v) is 0. The molecule has 0 radical (unpaired) electrons. The normalized spacial score (nSPS) is 7.29. The van der Waals surface area contributed by atoms with E-state index >= 15 is 0 Å². The molecule has 0 rings (SSSR count). The predicted octanol–water partition coefficient (Wildman–Crippen LogP) is 1.82. The summed E-state index contributed by atoms with van der Waals surface area (Å²) in [5.74, 6) is 3.50. The van der Waals surface area contributed by atoms with Gasteiger partial charge in [-0.05, 0) is 0 Å². The number of nitrogens with two attached hydrogens (primary N) is 1. The quantitative estimate of drug-likeness (QED) is 0.503. The minimum atomic E-state index is -1.79. The van der Waals surface area contributed by atoms with Gasteiger partial charge in [0.2, 0.25) is 0 Å². The summed E-state index contributed by atoms with van der Waals surface area (Å²) in [5.41, 5.74) is 0. The molecule has 0 aliphatic rings. The molecule has 0 aromatic carbocycles. The molecular formula is H4AuCl4NO. The zero-order valence-corrected chi connectivity index (χ0v) is 8.12. The van der Waals surface area contributed by atoms with Crippen LogP contribution in [-0.4, -0.2) is 5.21 Å². The first-order valence-electron chi connectivity index (χ1n) is 0.600. The van der Waals surface area contributed by atoms with Crippen LogP contribution in [0.4, 0.5) is 0 Å². The maximum atomic E-state index is 6.50. The van der Waals surface area contributed by atoms with Crippen LogP contribution in [0.15, 0.2) is 0 Å². The molecule has 3 N–H and O–H groups in total. The Bertz CT molecular complexity index is 16.4. The van der Waals surface area contributed by atoms with Gasteiger partial charge in [0.1, 0.15) is 0 Å². The first-order chi connectivity index (χ1) is 2.73. The SMILES string of the molecule is Cl.NO.[Cl][Au]([Cl])[Cl]. The topological polar surface area (TPSA) is 46.2 Å². The van der Waals surface area contributed by atoms with E-state index in [0.717, 1.165) is 0 Å². The second-order valence-corrected chi connectivity index (χ2v) is 9.52.